The number of carbonyl (C=O) groups is 9. The Morgan fingerprint density at radius 2 is 1.09 bits per heavy atom. The number of carbonyl (C=O) groups excluding carboxylic acids is 9. The third-order valence-corrected chi connectivity index (χ3v) is 9.88. The average molecular weight is 939 g/mol. The van der Waals surface area contributed by atoms with Crippen molar-refractivity contribution >= 4 is 59.1 Å². The van der Waals surface area contributed by atoms with E-state index in [1.807, 2.05) is 18.2 Å². The van der Waals surface area contributed by atoms with Gasteiger partial charge in [-0.2, -0.15) is 0 Å². The lowest BCUT2D eigenvalue weighted by molar-refractivity contribution is -0.135. The highest BCUT2D eigenvalue weighted by atomic mass is 16.3. The number of guanidine groups is 1. The number of nitrogens with one attached hydrogen (secondary N) is 8. The fraction of sp³-hybridized carbons (Fsp3) is 0.488. The van der Waals surface area contributed by atoms with Crippen LogP contribution in [-0.2, 0) is 56.0 Å². The Morgan fingerprint density at radius 3 is 1.67 bits per heavy atom. The third-order valence-electron chi connectivity index (χ3n) is 9.88. The van der Waals surface area contributed by atoms with Crippen LogP contribution >= 0.6 is 0 Å². The Kier molecular flexibility index (Phi) is 25.1. The molecule has 2 aromatic carbocycles. The van der Waals surface area contributed by atoms with Crippen molar-refractivity contribution < 1.29 is 48.3 Å². The molecule has 0 aliphatic carbocycles. The number of nitrogens with zero attached hydrogens (tertiary/aromatic N) is 1. The van der Waals surface area contributed by atoms with Crippen molar-refractivity contribution in [3.8, 4) is 0 Å². The minimum Gasteiger partial charge on any atom is -0.391 e. The SMILES string of the molecule is C[C@H](NC(=O)CNC(=O)[C@@H](NC(=O)[C@H](Cc1ccccc1)NC(=O)CNC(=O)CNC(=O)[C@@H](N)Cc1ccccc1)[C@@H](C)O)C(=O)N[C@@H](CCCN=C(N)N)C(=O)N[C@@H](CCCCN)C(N)=O. The second kappa shape index (κ2) is 30.1. The summed E-state index contributed by atoms with van der Waals surface area (Å²) in [4.78, 5) is 120. The second-order valence-corrected chi connectivity index (χ2v) is 15.6. The van der Waals surface area contributed by atoms with Gasteiger partial charge in [-0.3, -0.25) is 48.1 Å². The maximum absolute atomic E-state index is 13.6. The van der Waals surface area contributed by atoms with Crippen LogP contribution in [0.5, 0.6) is 0 Å². The minimum absolute atomic E-state index is 0.0330. The summed E-state index contributed by atoms with van der Waals surface area (Å²) in [6.45, 7) is 1.23. The lowest BCUT2D eigenvalue weighted by Gasteiger charge is -2.25. The normalized spacial score (nSPS) is 13.9. The molecule has 0 radical (unpaired) electrons. The first-order chi connectivity index (χ1) is 31.8. The standard InChI is InChI=1S/C43H66N14O10/c1-25(38(63)56-31(17-11-19-49-43(47)48)40(65)55-30(37(46)62)16-9-10-18-44)53-34(60)24-52-42(67)36(26(2)58)57-41(66)32(21-28-14-7-4-8-15-28)54-35(61)23-50-33(59)22-51-39(64)29(45)20-27-12-5-3-6-13-27/h3-8,12-15,25-26,29-32,36,58H,9-11,16-24,44-45H2,1-2H3,(H2,46,62)(H,50,59)(H,51,64)(H,52,67)(H,53,60)(H,54,61)(H,55,65)(H,56,63)(H,57,66)(H4,47,48,49)/t25-,26+,29-,30-,31-,32-,36-/m0/s1. The van der Waals surface area contributed by atoms with Crippen LogP contribution in [0, 0.1) is 0 Å². The molecular weight excluding hydrogens is 873 g/mol. The van der Waals surface area contributed by atoms with Gasteiger partial charge < -0.3 is 76.3 Å². The molecule has 0 aromatic heterocycles. The van der Waals surface area contributed by atoms with Gasteiger partial charge in [-0.25, -0.2) is 0 Å². The Balaban J connectivity index is 2.01. The summed E-state index contributed by atoms with van der Waals surface area (Å²) in [6.07, 6.45) is 0.238. The average Bonchev–Trinajstić information content (AvgIpc) is 3.29. The number of hydrogen-bond donors (Lipinski definition) is 14. The molecule has 2 rings (SSSR count). The van der Waals surface area contributed by atoms with Gasteiger partial charge in [0, 0.05) is 13.0 Å². The lowest BCUT2D eigenvalue weighted by atomic mass is 10.0. The summed E-state index contributed by atoms with van der Waals surface area (Å²) in [5.41, 5.74) is 29.2. The summed E-state index contributed by atoms with van der Waals surface area (Å²) in [5.74, 6) is -7.32. The number of aliphatic hydroxyl groups is 1. The number of amides is 9. The van der Waals surface area contributed by atoms with Crippen molar-refractivity contribution in [2.45, 2.75) is 101 Å². The first-order valence-electron chi connectivity index (χ1n) is 21.7. The van der Waals surface area contributed by atoms with Crippen LogP contribution in [0.3, 0.4) is 0 Å². The summed E-state index contributed by atoms with van der Waals surface area (Å²) < 4.78 is 0. The molecule has 67 heavy (non-hydrogen) atoms. The van der Waals surface area contributed by atoms with Crippen molar-refractivity contribution in [1.29, 1.82) is 0 Å². The first kappa shape index (κ1) is 56.0. The van der Waals surface area contributed by atoms with Gasteiger partial charge >= 0.3 is 0 Å². The molecule has 0 aliphatic heterocycles. The number of benzene rings is 2. The van der Waals surface area contributed by atoms with Gasteiger partial charge in [-0.1, -0.05) is 60.7 Å². The van der Waals surface area contributed by atoms with Crippen LogP contribution in [-0.4, -0.2) is 139 Å². The van der Waals surface area contributed by atoms with Gasteiger partial charge in [-0.15, -0.1) is 0 Å². The lowest BCUT2D eigenvalue weighted by Crippen LogP contribution is -2.59. The Morgan fingerprint density at radius 1 is 0.567 bits per heavy atom. The van der Waals surface area contributed by atoms with Gasteiger partial charge in [0.15, 0.2) is 5.96 Å². The molecule has 0 spiro atoms. The quantitative estimate of drug-likeness (QED) is 0.0198. The van der Waals surface area contributed by atoms with E-state index in [1.54, 1.807) is 42.5 Å². The van der Waals surface area contributed by atoms with Crippen LogP contribution in [0.1, 0.15) is 57.1 Å². The summed E-state index contributed by atoms with van der Waals surface area (Å²) >= 11 is 0. The molecule has 0 saturated carbocycles. The molecule has 24 heteroatoms. The van der Waals surface area contributed by atoms with Crippen LogP contribution in [0.25, 0.3) is 0 Å². The van der Waals surface area contributed by atoms with Crippen LogP contribution in [0.2, 0.25) is 0 Å². The number of nitrogens with two attached hydrogens (primary N) is 5. The van der Waals surface area contributed by atoms with Crippen LogP contribution in [0.15, 0.2) is 65.7 Å². The van der Waals surface area contributed by atoms with Gasteiger partial charge in [0.25, 0.3) is 0 Å². The molecule has 368 valence electrons. The van der Waals surface area contributed by atoms with E-state index in [0.717, 1.165) is 5.56 Å². The molecule has 0 bridgehead atoms. The van der Waals surface area contributed by atoms with E-state index < -0.39 is 115 Å². The number of aliphatic hydroxyl groups excluding tert-OH is 1. The molecule has 2 aromatic rings. The van der Waals surface area contributed by atoms with Crippen molar-refractivity contribution in [3.05, 3.63) is 71.8 Å². The van der Waals surface area contributed by atoms with E-state index in [2.05, 4.69) is 47.5 Å². The van der Waals surface area contributed by atoms with Gasteiger partial charge in [0.2, 0.25) is 53.2 Å². The molecule has 0 saturated heterocycles. The summed E-state index contributed by atoms with van der Waals surface area (Å²) in [6, 6.07) is 10.2. The number of hydrogen-bond acceptors (Lipinski definition) is 13. The predicted molar refractivity (Wildman–Crippen MR) is 246 cm³/mol. The smallest absolute Gasteiger partial charge is 0.245 e. The van der Waals surface area contributed by atoms with E-state index in [9.17, 15) is 48.3 Å². The monoisotopic (exact) mass is 939 g/mol. The van der Waals surface area contributed by atoms with Crippen LogP contribution < -0.4 is 71.2 Å². The molecule has 7 atom stereocenters. The molecule has 0 fully saturated rings. The fourth-order valence-electron chi connectivity index (χ4n) is 6.22. The molecule has 0 unspecified atom stereocenters. The molecule has 0 heterocycles. The highest BCUT2D eigenvalue weighted by Gasteiger charge is 2.31. The van der Waals surface area contributed by atoms with E-state index in [4.69, 9.17) is 28.7 Å². The van der Waals surface area contributed by atoms with E-state index in [-0.39, 0.29) is 44.6 Å². The Bertz CT molecular complexity index is 1990. The largest absolute Gasteiger partial charge is 0.391 e. The predicted octanol–water partition coefficient (Wildman–Crippen LogP) is -5.36. The fourth-order valence-corrected chi connectivity index (χ4v) is 6.22. The molecule has 0 aliphatic rings. The zero-order valence-corrected chi connectivity index (χ0v) is 37.8. The number of rotatable bonds is 30. The Hall–Kier alpha value is -7.18. The minimum atomic E-state index is -1.63. The number of unbranched alkanes of at least 4 members (excludes halogenated alkanes) is 1. The van der Waals surface area contributed by atoms with Gasteiger partial charge in [0.05, 0.1) is 31.8 Å². The topological polar surface area (TPSA) is 413 Å². The van der Waals surface area contributed by atoms with E-state index >= 15 is 0 Å². The van der Waals surface area contributed by atoms with Crippen molar-refractivity contribution in [1.82, 2.24) is 42.5 Å². The molecule has 9 amide bonds. The first-order valence-corrected chi connectivity index (χ1v) is 21.7. The van der Waals surface area contributed by atoms with Gasteiger partial charge in [0.1, 0.15) is 30.2 Å². The second-order valence-electron chi connectivity index (χ2n) is 15.6. The molecular formula is C43H66N14O10. The maximum atomic E-state index is 13.6. The van der Waals surface area contributed by atoms with Crippen molar-refractivity contribution in [3.63, 3.8) is 0 Å². The Labute approximate surface area is 388 Å². The van der Waals surface area contributed by atoms with E-state index in [1.165, 1.54) is 13.8 Å². The maximum Gasteiger partial charge on any atom is 0.245 e. The van der Waals surface area contributed by atoms with Crippen LogP contribution in [0.4, 0.5) is 0 Å². The van der Waals surface area contributed by atoms with Gasteiger partial charge in [-0.05, 0) is 70.0 Å². The zero-order valence-electron chi connectivity index (χ0n) is 37.8. The summed E-state index contributed by atoms with van der Waals surface area (Å²) in [5, 5.41) is 29.9. The number of aliphatic imine (C=N–C) groups is 1. The summed E-state index contributed by atoms with van der Waals surface area (Å²) in [7, 11) is 0. The molecule has 19 N–H and O–H groups in total. The van der Waals surface area contributed by atoms with Crippen molar-refractivity contribution in [2.75, 3.05) is 32.7 Å². The highest BCUT2D eigenvalue weighted by Crippen LogP contribution is 2.07. The zero-order chi connectivity index (χ0) is 49.9. The highest BCUT2D eigenvalue weighted by molar-refractivity contribution is 5.96. The third kappa shape index (κ3) is 22.5. The molecule has 24 nitrogen and oxygen atoms in total. The van der Waals surface area contributed by atoms with Crippen molar-refractivity contribution in [2.24, 2.45) is 33.7 Å². The number of primary amides is 1. The van der Waals surface area contributed by atoms with E-state index in [0.29, 0.717) is 24.9 Å².